The van der Waals surface area contributed by atoms with E-state index in [0.717, 1.165) is 0 Å². The summed E-state index contributed by atoms with van der Waals surface area (Å²) in [6, 6.07) is 1.70. The summed E-state index contributed by atoms with van der Waals surface area (Å²) >= 11 is 0. The van der Waals surface area contributed by atoms with Gasteiger partial charge in [0.15, 0.2) is 0 Å². The highest BCUT2D eigenvalue weighted by Crippen LogP contribution is 2.20. The van der Waals surface area contributed by atoms with Gasteiger partial charge in [0.25, 0.3) is 5.91 Å². The van der Waals surface area contributed by atoms with E-state index < -0.39 is 0 Å². The average Bonchev–Trinajstić information content (AvgIpc) is 2.24. The highest BCUT2D eigenvalue weighted by molar-refractivity contribution is 5.96. The van der Waals surface area contributed by atoms with Gasteiger partial charge in [0.05, 0.1) is 23.2 Å². The Bertz CT molecular complexity index is 399. The van der Waals surface area contributed by atoms with Crippen molar-refractivity contribution in [1.29, 1.82) is 0 Å². The second-order valence-corrected chi connectivity index (χ2v) is 4.79. The van der Waals surface area contributed by atoms with Gasteiger partial charge in [0.2, 0.25) is 0 Å². The molecule has 17 heavy (non-hydrogen) atoms. The van der Waals surface area contributed by atoms with Crippen molar-refractivity contribution in [3.8, 4) is 0 Å². The van der Waals surface area contributed by atoms with Crippen molar-refractivity contribution < 1.29 is 9.53 Å². The van der Waals surface area contributed by atoms with Crippen LogP contribution in [-0.4, -0.2) is 30.1 Å². The van der Waals surface area contributed by atoms with E-state index in [9.17, 15) is 4.79 Å². The second-order valence-electron chi connectivity index (χ2n) is 4.79. The Kier molecular flexibility index (Phi) is 4.07. The minimum atomic E-state index is -0.333. The summed E-state index contributed by atoms with van der Waals surface area (Å²) in [5.41, 5.74) is 6.52. The molecule has 1 aromatic rings. The smallest absolute Gasteiger partial charge is 0.252 e. The van der Waals surface area contributed by atoms with Gasteiger partial charge in [-0.1, -0.05) is 0 Å². The third kappa shape index (κ3) is 4.03. The number of hydrogen-bond acceptors (Lipinski definition) is 4. The highest BCUT2D eigenvalue weighted by atomic mass is 16.5. The van der Waals surface area contributed by atoms with Crippen LogP contribution in [0.2, 0.25) is 0 Å². The number of aromatic nitrogens is 1. The Morgan fingerprint density at radius 2 is 2.18 bits per heavy atom. The fourth-order valence-electron chi connectivity index (χ4n) is 1.21. The Balaban J connectivity index is 2.68. The van der Waals surface area contributed by atoms with Gasteiger partial charge in [-0.25, -0.2) is 0 Å². The molecule has 0 aromatic carbocycles. The minimum absolute atomic E-state index is 0.0295. The molecular weight excluding hydrogens is 218 g/mol. The molecule has 5 nitrogen and oxygen atoms in total. The van der Waals surface area contributed by atoms with Crippen molar-refractivity contribution in [2.24, 2.45) is 0 Å². The minimum Gasteiger partial charge on any atom is -0.396 e. The number of amides is 1. The van der Waals surface area contributed by atoms with Gasteiger partial charge in [-0.05, 0) is 26.8 Å². The topological polar surface area (TPSA) is 68.5 Å². The number of nitrogens with zero attached hydrogens (tertiary/aromatic N) is 2. The maximum atomic E-state index is 11.9. The molecule has 0 aliphatic rings. The van der Waals surface area contributed by atoms with Gasteiger partial charge in [0.1, 0.15) is 6.61 Å². The Hall–Kier alpha value is -1.62. The van der Waals surface area contributed by atoms with Crippen molar-refractivity contribution in [1.82, 2.24) is 4.98 Å². The Morgan fingerprint density at radius 3 is 2.71 bits per heavy atom. The van der Waals surface area contributed by atoms with Crippen molar-refractivity contribution in [2.45, 2.75) is 26.4 Å². The quantitative estimate of drug-likeness (QED) is 0.863. The first-order valence-electron chi connectivity index (χ1n) is 5.41. The summed E-state index contributed by atoms with van der Waals surface area (Å²) in [6.07, 6.45) is 3.11. The molecule has 0 fully saturated rings. The molecule has 0 aliphatic carbocycles. The van der Waals surface area contributed by atoms with E-state index >= 15 is 0 Å². The molecule has 0 spiro atoms. The van der Waals surface area contributed by atoms with Crippen molar-refractivity contribution >= 4 is 17.3 Å². The number of rotatable bonds is 3. The fraction of sp³-hybridized carbons (Fsp3) is 0.500. The van der Waals surface area contributed by atoms with Crippen LogP contribution in [-0.2, 0) is 9.53 Å². The summed E-state index contributed by atoms with van der Waals surface area (Å²) in [4.78, 5) is 17.2. The zero-order valence-corrected chi connectivity index (χ0v) is 10.7. The number of nitrogen functional groups attached to an aromatic ring is 1. The third-order valence-corrected chi connectivity index (χ3v) is 2.19. The predicted octanol–water partition coefficient (Wildman–Crippen LogP) is 1.44. The molecule has 1 amide bonds. The largest absolute Gasteiger partial charge is 0.396 e. The maximum absolute atomic E-state index is 11.9. The zero-order valence-electron chi connectivity index (χ0n) is 10.7. The van der Waals surface area contributed by atoms with E-state index in [1.165, 1.54) is 11.1 Å². The molecule has 0 aliphatic heterocycles. The lowest BCUT2D eigenvalue weighted by atomic mass is 10.2. The van der Waals surface area contributed by atoms with Crippen LogP contribution in [0.25, 0.3) is 0 Å². The molecule has 5 heteroatoms. The van der Waals surface area contributed by atoms with Gasteiger partial charge >= 0.3 is 0 Å². The number of carbonyl (C=O) groups is 1. The number of carbonyl (C=O) groups excluding carboxylic acids is 1. The van der Waals surface area contributed by atoms with E-state index in [1.807, 2.05) is 20.8 Å². The molecule has 0 atom stereocenters. The molecule has 94 valence electrons. The van der Waals surface area contributed by atoms with Crippen LogP contribution >= 0.6 is 0 Å². The van der Waals surface area contributed by atoms with E-state index in [1.54, 1.807) is 19.3 Å². The van der Waals surface area contributed by atoms with Crippen LogP contribution in [0, 0.1) is 0 Å². The lowest BCUT2D eigenvalue weighted by Gasteiger charge is -2.23. The third-order valence-electron chi connectivity index (χ3n) is 2.19. The maximum Gasteiger partial charge on any atom is 0.252 e. The first kappa shape index (κ1) is 13.4. The summed E-state index contributed by atoms with van der Waals surface area (Å²) in [5.74, 6) is -0.141. The van der Waals surface area contributed by atoms with Crippen LogP contribution in [0.1, 0.15) is 20.8 Å². The monoisotopic (exact) mass is 237 g/mol. The van der Waals surface area contributed by atoms with Crippen LogP contribution in [0.3, 0.4) is 0 Å². The summed E-state index contributed by atoms with van der Waals surface area (Å²) in [7, 11) is 1.67. The lowest BCUT2D eigenvalue weighted by molar-refractivity contribution is -0.127. The van der Waals surface area contributed by atoms with Crippen molar-refractivity contribution in [3.05, 3.63) is 18.5 Å². The Morgan fingerprint density at radius 1 is 1.53 bits per heavy atom. The number of likely N-dealkylation sites (N-methyl/N-ethyl adjacent to an activating group) is 1. The average molecular weight is 237 g/mol. The van der Waals surface area contributed by atoms with Crippen LogP contribution in [0.5, 0.6) is 0 Å². The normalized spacial score (nSPS) is 11.3. The zero-order chi connectivity index (χ0) is 13.1. The Labute approximate surface area is 102 Å². The number of pyridine rings is 1. The van der Waals surface area contributed by atoms with Gasteiger partial charge in [-0.15, -0.1) is 0 Å². The van der Waals surface area contributed by atoms with Crippen molar-refractivity contribution in [3.63, 3.8) is 0 Å². The fourth-order valence-corrected chi connectivity index (χ4v) is 1.21. The molecule has 0 saturated heterocycles. The second kappa shape index (κ2) is 5.14. The molecular formula is C12H19N3O2. The van der Waals surface area contributed by atoms with Gasteiger partial charge in [0, 0.05) is 13.2 Å². The molecule has 2 N–H and O–H groups in total. The molecule has 0 radical (unpaired) electrons. The number of hydrogen-bond donors (Lipinski definition) is 1. The van der Waals surface area contributed by atoms with Gasteiger partial charge < -0.3 is 15.4 Å². The summed E-state index contributed by atoms with van der Waals surface area (Å²) in [6.45, 7) is 5.74. The number of anilines is 2. The van der Waals surface area contributed by atoms with Gasteiger partial charge in [-0.3, -0.25) is 9.78 Å². The standard InChI is InChI=1S/C12H19N3O2/c1-12(2,3)17-8-11(16)15(4)10-5-6-14-7-9(10)13/h5-7H,8,13H2,1-4H3. The first-order valence-corrected chi connectivity index (χ1v) is 5.41. The molecule has 0 unspecified atom stereocenters. The van der Waals surface area contributed by atoms with Crippen molar-refractivity contribution in [2.75, 3.05) is 24.3 Å². The molecule has 1 rings (SSSR count). The van der Waals surface area contributed by atoms with Crippen LogP contribution < -0.4 is 10.6 Å². The van der Waals surface area contributed by atoms with Crippen LogP contribution in [0.4, 0.5) is 11.4 Å². The van der Waals surface area contributed by atoms with E-state index in [4.69, 9.17) is 10.5 Å². The number of ether oxygens (including phenoxy) is 1. The highest BCUT2D eigenvalue weighted by Gasteiger charge is 2.17. The van der Waals surface area contributed by atoms with E-state index in [0.29, 0.717) is 11.4 Å². The molecule has 0 bridgehead atoms. The summed E-state index contributed by atoms with van der Waals surface area (Å²) in [5, 5.41) is 0. The summed E-state index contributed by atoms with van der Waals surface area (Å²) < 4.78 is 5.43. The number of nitrogens with two attached hydrogens (primary N) is 1. The lowest BCUT2D eigenvalue weighted by Crippen LogP contribution is -2.34. The van der Waals surface area contributed by atoms with E-state index in [-0.39, 0.29) is 18.1 Å². The van der Waals surface area contributed by atoms with E-state index in [2.05, 4.69) is 4.98 Å². The molecule has 1 aromatic heterocycles. The first-order chi connectivity index (χ1) is 7.81. The molecule has 0 saturated carbocycles. The molecule has 1 heterocycles. The van der Waals surface area contributed by atoms with Crippen LogP contribution in [0.15, 0.2) is 18.5 Å². The SMILES string of the molecule is CN(C(=O)COC(C)(C)C)c1ccncc1N. The predicted molar refractivity (Wildman–Crippen MR) is 67.8 cm³/mol. The van der Waals surface area contributed by atoms with Gasteiger partial charge in [-0.2, -0.15) is 0 Å².